The first-order valence-corrected chi connectivity index (χ1v) is 11.1. The number of fused-ring (bicyclic) bond motifs is 3. The third-order valence-electron chi connectivity index (χ3n) is 5.78. The second-order valence-electron chi connectivity index (χ2n) is 9.14. The quantitative estimate of drug-likeness (QED) is 0.565. The molecule has 156 valence electrons. The number of hydrogen-bond donors (Lipinski definition) is 0. The number of ketones is 1. The van der Waals surface area contributed by atoms with Gasteiger partial charge in [-0.2, -0.15) is 0 Å². The minimum atomic E-state index is -0.428. The van der Waals surface area contributed by atoms with Gasteiger partial charge in [-0.05, 0) is 33.3 Å². The van der Waals surface area contributed by atoms with Crippen LogP contribution in [0.15, 0.2) is 29.3 Å². The summed E-state index contributed by atoms with van der Waals surface area (Å²) in [5.41, 5.74) is 5.12. The molecule has 0 spiro atoms. The minimum Gasteiger partial charge on any atom is -0.299 e. The molecule has 0 aliphatic carbocycles. The molecular weight excluding hydrogens is 392 g/mol. The van der Waals surface area contributed by atoms with Crippen LogP contribution in [0.25, 0.3) is 5.00 Å². The number of aryl methyl sites for hydroxylation is 3. The van der Waals surface area contributed by atoms with Gasteiger partial charge in [0.15, 0.2) is 5.82 Å². The number of aromatic nitrogens is 3. The molecule has 0 saturated heterocycles. The van der Waals surface area contributed by atoms with E-state index in [0.717, 1.165) is 33.5 Å². The second kappa shape index (κ2) is 7.27. The number of hydrogen-bond acceptors (Lipinski definition) is 5. The molecular formula is C24H28N4OS. The summed E-state index contributed by atoms with van der Waals surface area (Å²) < 4.78 is 2.10. The average molecular weight is 421 g/mol. The van der Waals surface area contributed by atoms with Gasteiger partial charge in [0.1, 0.15) is 22.7 Å². The summed E-state index contributed by atoms with van der Waals surface area (Å²) in [6, 6.07) is 8.08. The molecule has 3 heterocycles. The lowest BCUT2D eigenvalue weighted by Gasteiger charge is -2.19. The molecule has 6 heteroatoms. The van der Waals surface area contributed by atoms with Gasteiger partial charge >= 0.3 is 0 Å². The molecule has 0 N–H and O–H groups in total. The number of carbonyl (C=O) groups is 1. The molecule has 0 amide bonds. The monoisotopic (exact) mass is 420 g/mol. The first-order chi connectivity index (χ1) is 14.1. The minimum absolute atomic E-state index is 0.171. The largest absolute Gasteiger partial charge is 0.299 e. The van der Waals surface area contributed by atoms with Crippen molar-refractivity contribution in [1.82, 2.24) is 14.8 Å². The molecule has 1 aliphatic rings. The maximum atomic E-state index is 13.0. The number of thiophene rings is 1. The third-order valence-corrected chi connectivity index (χ3v) is 6.97. The summed E-state index contributed by atoms with van der Waals surface area (Å²) in [6.45, 7) is 14.2. The molecule has 0 unspecified atom stereocenters. The Morgan fingerprint density at radius 2 is 1.73 bits per heavy atom. The van der Waals surface area contributed by atoms with Crippen molar-refractivity contribution in [1.29, 1.82) is 0 Å². The van der Waals surface area contributed by atoms with Crippen LogP contribution in [0.5, 0.6) is 0 Å². The lowest BCUT2D eigenvalue weighted by molar-refractivity contribution is -0.126. The Labute approximate surface area is 181 Å². The number of carbonyl (C=O) groups excluding carboxylic acids is 1. The van der Waals surface area contributed by atoms with Gasteiger partial charge in [-0.1, -0.05) is 50.6 Å². The van der Waals surface area contributed by atoms with Crippen LogP contribution < -0.4 is 0 Å². The van der Waals surface area contributed by atoms with Crippen molar-refractivity contribution < 1.29 is 4.79 Å². The summed E-state index contributed by atoms with van der Waals surface area (Å²) in [5.74, 6) is 1.74. The van der Waals surface area contributed by atoms with Gasteiger partial charge in [0.05, 0.1) is 5.71 Å². The van der Waals surface area contributed by atoms with Crippen molar-refractivity contribution in [2.24, 2.45) is 10.4 Å². The molecule has 0 radical (unpaired) electrons. The number of nitrogens with zero attached hydrogens (tertiary/aromatic N) is 4. The van der Waals surface area contributed by atoms with Crippen molar-refractivity contribution in [2.75, 3.05) is 0 Å². The van der Waals surface area contributed by atoms with E-state index in [-0.39, 0.29) is 11.8 Å². The second-order valence-corrected chi connectivity index (χ2v) is 10.3. The molecule has 0 saturated carbocycles. The predicted octanol–water partition coefficient (Wildman–Crippen LogP) is 5.46. The van der Waals surface area contributed by atoms with Crippen LogP contribution in [0.3, 0.4) is 0 Å². The van der Waals surface area contributed by atoms with E-state index >= 15 is 0 Å². The lowest BCUT2D eigenvalue weighted by Crippen LogP contribution is -2.23. The summed E-state index contributed by atoms with van der Waals surface area (Å²) in [6.07, 6.45) is 0.309. The van der Waals surface area contributed by atoms with Crippen molar-refractivity contribution in [3.63, 3.8) is 0 Å². The Hall–Kier alpha value is -2.60. The SMILES string of the molecule is Cc1ccc(C2=N[C@@H](CC(=O)C(C)(C)C)c3nnc(C)n3-c3sc(C)c(C)c32)cc1. The van der Waals surface area contributed by atoms with E-state index in [1.54, 1.807) is 11.3 Å². The number of benzene rings is 1. The summed E-state index contributed by atoms with van der Waals surface area (Å²) in [5, 5.41) is 9.91. The van der Waals surface area contributed by atoms with Gasteiger partial charge in [0.2, 0.25) is 0 Å². The Kier molecular flexibility index (Phi) is 5.01. The predicted molar refractivity (Wildman–Crippen MR) is 122 cm³/mol. The maximum Gasteiger partial charge on any atom is 0.163 e. The molecule has 1 atom stereocenters. The highest BCUT2D eigenvalue weighted by molar-refractivity contribution is 7.15. The topological polar surface area (TPSA) is 60.1 Å². The summed E-state index contributed by atoms with van der Waals surface area (Å²) >= 11 is 1.74. The smallest absolute Gasteiger partial charge is 0.163 e. The molecule has 30 heavy (non-hydrogen) atoms. The van der Waals surface area contributed by atoms with Gasteiger partial charge in [0, 0.05) is 27.8 Å². The van der Waals surface area contributed by atoms with E-state index < -0.39 is 5.41 Å². The number of aliphatic imine (C=N–C) groups is 1. The Morgan fingerprint density at radius 3 is 2.37 bits per heavy atom. The van der Waals surface area contributed by atoms with Crippen LogP contribution >= 0.6 is 11.3 Å². The summed E-state index contributed by atoms with van der Waals surface area (Å²) in [4.78, 5) is 19.4. The van der Waals surface area contributed by atoms with Crippen LogP contribution in [0, 0.1) is 33.1 Å². The Morgan fingerprint density at radius 1 is 1.07 bits per heavy atom. The fraction of sp³-hybridized carbons (Fsp3) is 0.417. The highest BCUT2D eigenvalue weighted by Gasteiger charge is 2.34. The standard InChI is InChI=1S/C24H28N4OS/c1-13-8-10-17(11-9-13)21-20-14(2)15(3)30-23(20)28-16(4)26-27-22(28)18(25-21)12-19(29)24(5,6)7/h8-11,18H,12H2,1-7H3/t18-/m0/s1. The van der Waals surface area contributed by atoms with E-state index in [1.807, 2.05) is 27.7 Å². The van der Waals surface area contributed by atoms with Crippen LogP contribution in [-0.2, 0) is 4.79 Å². The van der Waals surface area contributed by atoms with Crippen molar-refractivity contribution in [3.8, 4) is 5.00 Å². The number of rotatable bonds is 3. The first kappa shape index (κ1) is 20.7. The van der Waals surface area contributed by atoms with Gasteiger partial charge in [-0.3, -0.25) is 14.4 Å². The van der Waals surface area contributed by atoms with Crippen molar-refractivity contribution in [3.05, 3.63) is 63.0 Å². The first-order valence-electron chi connectivity index (χ1n) is 10.3. The van der Waals surface area contributed by atoms with Crippen LogP contribution in [0.2, 0.25) is 0 Å². The van der Waals surface area contributed by atoms with Crippen LogP contribution in [0.1, 0.15) is 72.0 Å². The average Bonchev–Trinajstić information content (AvgIpc) is 3.14. The third kappa shape index (κ3) is 3.43. The van der Waals surface area contributed by atoms with Gasteiger partial charge in [-0.15, -0.1) is 21.5 Å². The van der Waals surface area contributed by atoms with Crippen molar-refractivity contribution in [2.45, 2.75) is 60.9 Å². The Bertz CT molecular complexity index is 1160. The van der Waals surface area contributed by atoms with Crippen LogP contribution in [0.4, 0.5) is 0 Å². The molecule has 3 aromatic rings. The fourth-order valence-corrected chi connectivity index (χ4v) is 4.93. The maximum absolute atomic E-state index is 13.0. The normalized spacial score (nSPS) is 16.0. The van der Waals surface area contributed by atoms with E-state index in [2.05, 4.69) is 59.8 Å². The highest BCUT2D eigenvalue weighted by Crippen LogP contribution is 2.40. The summed E-state index contributed by atoms with van der Waals surface area (Å²) in [7, 11) is 0. The molecule has 1 aliphatic heterocycles. The van der Waals surface area contributed by atoms with Gasteiger partial charge in [-0.25, -0.2) is 0 Å². The zero-order valence-corrected chi connectivity index (χ0v) is 19.5. The fourth-order valence-electron chi connectivity index (χ4n) is 3.72. The highest BCUT2D eigenvalue weighted by atomic mass is 32.1. The number of Topliss-reactive ketones (excluding diaryl/α,β-unsaturated/α-hetero) is 1. The molecule has 4 rings (SSSR count). The molecule has 5 nitrogen and oxygen atoms in total. The zero-order valence-electron chi connectivity index (χ0n) is 18.7. The molecule has 0 bridgehead atoms. The molecule has 0 fully saturated rings. The van der Waals surface area contributed by atoms with E-state index in [0.29, 0.717) is 6.42 Å². The lowest BCUT2D eigenvalue weighted by atomic mass is 9.87. The van der Waals surface area contributed by atoms with E-state index in [4.69, 9.17) is 4.99 Å². The van der Waals surface area contributed by atoms with E-state index in [9.17, 15) is 4.79 Å². The van der Waals surface area contributed by atoms with Crippen molar-refractivity contribution >= 4 is 22.8 Å². The molecule has 2 aromatic heterocycles. The zero-order chi connectivity index (χ0) is 21.8. The molecule has 1 aromatic carbocycles. The van der Waals surface area contributed by atoms with Crippen LogP contribution in [-0.4, -0.2) is 26.3 Å². The van der Waals surface area contributed by atoms with Gasteiger partial charge < -0.3 is 0 Å². The van der Waals surface area contributed by atoms with E-state index in [1.165, 1.54) is 16.0 Å². The van der Waals surface area contributed by atoms with Gasteiger partial charge in [0.25, 0.3) is 0 Å². The Balaban J connectivity index is 1.98.